The fourth-order valence-electron chi connectivity index (χ4n) is 3.30. The van der Waals surface area contributed by atoms with Crippen LogP contribution in [0.4, 0.5) is 0 Å². The van der Waals surface area contributed by atoms with Crippen LogP contribution in [0.2, 0.25) is 19.6 Å². The second-order valence-electron chi connectivity index (χ2n) is 7.27. The molecule has 2 atom stereocenters. The van der Waals surface area contributed by atoms with Crippen LogP contribution in [0, 0.1) is 0 Å². The largest absolute Gasteiger partial charge is 0.347 e. The molecule has 2 aromatic rings. The van der Waals surface area contributed by atoms with E-state index >= 15 is 0 Å². The molecular formula is C18H23N3O2Si. The van der Waals surface area contributed by atoms with Gasteiger partial charge in [0.2, 0.25) is 0 Å². The number of aromatic amines is 1. The fourth-order valence-corrected chi connectivity index (χ4v) is 5.09. The molecular weight excluding hydrogens is 318 g/mol. The molecule has 0 unspecified atom stereocenters. The van der Waals surface area contributed by atoms with E-state index in [1.54, 1.807) is 0 Å². The number of H-pyrrole nitrogens is 1. The Hall–Kier alpha value is -2.34. The number of hydrogen-bond acceptors (Lipinski definition) is 2. The molecule has 0 saturated heterocycles. The molecule has 0 fully saturated rings. The summed E-state index contributed by atoms with van der Waals surface area (Å²) in [6.07, 6.45) is 6.31. The van der Waals surface area contributed by atoms with Crippen molar-refractivity contribution in [3.8, 4) is 0 Å². The Bertz CT molecular complexity index is 910. The molecule has 1 aromatic carbocycles. The number of rotatable bonds is 3. The van der Waals surface area contributed by atoms with Crippen LogP contribution in [0.3, 0.4) is 0 Å². The zero-order valence-electron chi connectivity index (χ0n) is 14.5. The Morgan fingerprint density at radius 3 is 2.29 bits per heavy atom. The van der Waals surface area contributed by atoms with Crippen molar-refractivity contribution < 1.29 is 0 Å². The average molecular weight is 341 g/mol. The molecule has 1 aromatic heterocycles. The highest BCUT2D eigenvalue weighted by Crippen LogP contribution is 2.40. The standard InChI is InChI=1S/C18H23N3O2Si/c1-20-17(22)19-21(18(20)23)16-14(13-9-6-5-7-10-13)11-8-12-15(16)24(2,3)4/h5-12,14,16H,1-4H3,(H,19,22)/t14-,16-/m1/s1. The topological polar surface area (TPSA) is 59.8 Å². The normalized spacial score (nSPS) is 20.9. The van der Waals surface area contributed by atoms with E-state index in [9.17, 15) is 9.59 Å². The Balaban J connectivity index is 2.22. The Kier molecular flexibility index (Phi) is 4.09. The van der Waals surface area contributed by atoms with Crippen molar-refractivity contribution in [1.82, 2.24) is 14.3 Å². The summed E-state index contributed by atoms with van der Waals surface area (Å²) in [5.74, 6) is 0.0219. The number of hydrogen-bond donors (Lipinski definition) is 1. The molecule has 5 nitrogen and oxygen atoms in total. The number of aromatic nitrogens is 3. The molecule has 24 heavy (non-hydrogen) atoms. The van der Waals surface area contributed by atoms with Gasteiger partial charge >= 0.3 is 11.4 Å². The minimum absolute atomic E-state index is 0.0219. The van der Waals surface area contributed by atoms with E-state index in [0.717, 1.165) is 10.1 Å². The van der Waals surface area contributed by atoms with Crippen molar-refractivity contribution in [3.63, 3.8) is 0 Å². The summed E-state index contributed by atoms with van der Waals surface area (Å²) < 4.78 is 2.63. The number of nitrogens with one attached hydrogen (secondary N) is 1. The second-order valence-corrected chi connectivity index (χ2v) is 12.3. The van der Waals surface area contributed by atoms with Crippen molar-refractivity contribution >= 4 is 8.07 Å². The third-order valence-corrected chi connectivity index (χ3v) is 6.79. The van der Waals surface area contributed by atoms with E-state index in [-0.39, 0.29) is 23.3 Å². The van der Waals surface area contributed by atoms with Crippen LogP contribution in [0.5, 0.6) is 0 Å². The quantitative estimate of drug-likeness (QED) is 0.872. The number of benzene rings is 1. The lowest BCUT2D eigenvalue weighted by molar-refractivity contribution is 0.462. The fraction of sp³-hybridized carbons (Fsp3) is 0.333. The van der Waals surface area contributed by atoms with Crippen molar-refractivity contribution in [2.75, 3.05) is 0 Å². The van der Waals surface area contributed by atoms with Crippen LogP contribution >= 0.6 is 0 Å². The molecule has 0 saturated carbocycles. The first-order chi connectivity index (χ1) is 11.3. The maximum atomic E-state index is 12.6. The lowest BCUT2D eigenvalue weighted by Gasteiger charge is -2.35. The molecule has 0 spiro atoms. The smallest absolute Gasteiger partial charge is 0.246 e. The molecule has 6 heteroatoms. The molecule has 1 aliphatic rings. The summed E-state index contributed by atoms with van der Waals surface area (Å²) in [4.78, 5) is 24.6. The third-order valence-electron chi connectivity index (χ3n) is 4.60. The first-order valence-electron chi connectivity index (χ1n) is 8.12. The SMILES string of the molecule is Cn1c(=O)[nH]n([C@H]2C([Si](C)(C)C)=CC=C[C@@H]2c2ccccc2)c1=O. The Morgan fingerprint density at radius 1 is 1.08 bits per heavy atom. The molecule has 0 radical (unpaired) electrons. The summed E-state index contributed by atoms with van der Waals surface area (Å²) >= 11 is 0. The van der Waals surface area contributed by atoms with Gasteiger partial charge in [0.25, 0.3) is 0 Å². The van der Waals surface area contributed by atoms with E-state index in [1.165, 1.54) is 16.9 Å². The molecule has 0 aliphatic heterocycles. The maximum Gasteiger partial charge on any atom is 0.347 e. The highest BCUT2D eigenvalue weighted by Gasteiger charge is 2.36. The zero-order chi connectivity index (χ0) is 17.5. The van der Waals surface area contributed by atoms with Crippen LogP contribution in [0.25, 0.3) is 0 Å². The van der Waals surface area contributed by atoms with Crippen LogP contribution < -0.4 is 11.4 Å². The minimum atomic E-state index is -1.69. The van der Waals surface area contributed by atoms with Gasteiger partial charge in [-0.15, -0.1) is 0 Å². The monoisotopic (exact) mass is 341 g/mol. The molecule has 1 heterocycles. The van der Waals surface area contributed by atoms with E-state index < -0.39 is 8.07 Å². The average Bonchev–Trinajstić information content (AvgIpc) is 2.81. The van der Waals surface area contributed by atoms with Crippen LogP contribution in [0.15, 0.2) is 63.3 Å². The van der Waals surface area contributed by atoms with Crippen LogP contribution in [-0.4, -0.2) is 22.4 Å². The lowest BCUT2D eigenvalue weighted by atomic mass is 9.88. The van der Waals surface area contributed by atoms with Gasteiger partial charge in [0.1, 0.15) is 0 Å². The van der Waals surface area contributed by atoms with Crippen molar-refractivity contribution in [1.29, 1.82) is 0 Å². The van der Waals surface area contributed by atoms with Crippen molar-refractivity contribution in [3.05, 3.63) is 80.3 Å². The maximum absolute atomic E-state index is 12.6. The zero-order valence-corrected chi connectivity index (χ0v) is 15.5. The lowest BCUT2D eigenvalue weighted by Crippen LogP contribution is -2.39. The van der Waals surface area contributed by atoms with E-state index in [1.807, 2.05) is 18.2 Å². The summed E-state index contributed by atoms with van der Waals surface area (Å²) in [5, 5.41) is 4.00. The van der Waals surface area contributed by atoms with Crippen LogP contribution in [-0.2, 0) is 7.05 Å². The van der Waals surface area contributed by atoms with Gasteiger partial charge in [-0.25, -0.2) is 23.9 Å². The van der Waals surface area contributed by atoms with Gasteiger partial charge in [-0.1, -0.05) is 73.4 Å². The Morgan fingerprint density at radius 2 is 1.75 bits per heavy atom. The summed E-state index contributed by atoms with van der Waals surface area (Å²) in [7, 11) is -0.183. The number of allylic oxidation sites excluding steroid dienone is 4. The molecule has 3 rings (SSSR count). The van der Waals surface area contributed by atoms with Gasteiger partial charge < -0.3 is 0 Å². The predicted octanol–water partition coefficient (Wildman–Crippen LogP) is 2.57. The second kappa shape index (κ2) is 5.94. The van der Waals surface area contributed by atoms with Gasteiger partial charge in [0, 0.05) is 13.0 Å². The van der Waals surface area contributed by atoms with Gasteiger partial charge in [-0.2, -0.15) is 0 Å². The molecule has 0 bridgehead atoms. The van der Waals surface area contributed by atoms with E-state index in [4.69, 9.17) is 0 Å². The predicted molar refractivity (Wildman–Crippen MR) is 99.1 cm³/mol. The highest BCUT2D eigenvalue weighted by atomic mass is 28.3. The third kappa shape index (κ3) is 2.77. The Labute approximate surface area is 141 Å². The highest BCUT2D eigenvalue weighted by molar-refractivity contribution is 6.83. The summed E-state index contributed by atoms with van der Waals surface area (Å²) in [6.45, 7) is 6.79. The van der Waals surface area contributed by atoms with Crippen molar-refractivity contribution in [2.24, 2.45) is 7.05 Å². The minimum Gasteiger partial charge on any atom is -0.246 e. The van der Waals surface area contributed by atoms with Gasteiger partial charge in [-0.3, -0.25) is 0 Å². The van der Waals surface area contributed by atoms with Gasteiger partial charge in [0.15, 0.2) is 0 Å². The molecule has 126 valence electrons. The van der Waals surface area contributed by atoms with E-state index in [2.05, 4.69) is 55.1 Å². The summed E-state index contributed by atoms with van der Waals surface area (Å²) in [5.41, 5.74) is 0.459. The van der Waals surface area contributed by atoms with Crippen molar-refractivity contribution in [2.45, 2.75) is 31.6 Å². The molecule has 1 N–H and O–H groups in total. The van der Waals surface area contributed by atoms with Gasteiger partial charge in [0.05, 0.1) is 14.1 Å². The summed E-state index contributed by atoms with van der Waals surface area (Å²) in [6, 6.07) is 9.94. The molecule has 0 amide bonds. The van der Waals surface area contributed by atoms with Gasteiger partial charge in [-0.05, 0) is 5.56 Å². The first kappa shape index (κ1) is 16.5. The van der Waals surface area contributed by atoms with Crippen LogP contribution in [0.1, 0.15) is 17.5 Å². The van der Waals surface area contributed by atoms with E-state index in [0.29, 0.717) is 0 Å². The first-order valence-corrected chi connectivity index (χ1v) is 11.6. The molecule has 1 aliphatic carbocycles. The number of nitrogens with zero attached hydrogens (tertiary/aromatic N) is 2.